The van der Waals surface area contributed by atoms with E-state index in [2.05, 4.69) is 10.6 Å². The number of thiocarbonyl (C=S) groups is 1. The molecule has 0 bridgehead atoms. The molecular weight excluding hydrogens is 286 g/mol. The molecule has 0 saturated carbocycles. The SMILES string of the molecule is NC(=S)COc1ccc(NC(=O)Nc2ccccc2)cc1. The summed E-state index contributed by atoms with van der Waals surface area (Å²) in [5.74, 6) is 0.636. The van der Waals surface area contributed by atoms with Crippen molar-refractivity contribution in [3.63, 3.8) is 0 Å². The van der Waals surface area contributed by atoms with Gasteiger partial charge in [-0.2, -0.15) is 0 Å². The van der Waals surface area contributed by atoms with Crippen LogP contribution < -0.4 is 21.1 Å². The average molecular weight is 301 g/mol. The number of urea groups is 1. The van der Waals surface area contributed by atoms with Crippen molar-refractivity contribution in [2.45, 2.75) is 0 Å². The number of rotatable bonds is 5. The summed E-state index contributed by atoms with van der Waals surface area (Å²) in [6.45, 7) is 0.191. The smallest absolute Gasteiger partial charge is 0.323 e. The standard InChI is InChI=1S/C15H15N3O2S/c16-14(21)10-20-13-8-6-12(7-9-13)18-15(19)17-11-4-2-1-3-5-11/h1-9H,10H2,(H2,16,21)(H2,17,18,19). The summed E-state index contributed by atoms with van der Waals surface area (Å²) in [5.41, 5.74) is 6.74. The lowest BCUT2D eigenvalue weighted by Crippen LogP contribution is -2.19. The first-order valence-corrected chi connectivity index (χ1v) is 6.68. The van der Waals surface area contributed by atoms with Crippen LogP contribution in [0.1, 0.15) is 0 Å². The molecule has 2 rings (SSSR count). The van der Waals surface area contributed by atoms with Crippen molar-refractivity contribution >= 4 is 34.6 Å². The predicted octanol–water partition coefficient (Wildman–Crippen LogP) is 3.00. The molecular formula is C15H15N3O2S. The number of benzene rings is 2. The van der Waals surface area contributed by atoms with Gasteiger partial charge in [0, 0.05) is 11.4 Å². The Balaban J connectivity index is 1.88. The molecule has 0 heterocycles. The van der Waals surface area contributed by atoms with Crippen LogP contribution in [-0.2, 0) is 0 Å². The van der Waals surface area contributed by atoms with E-state index in [9.17, 15) is 4.79 Å². The van der Waals surface area contributed by atoms with Crippen molar-refractivity contribution < 1.29 is 9.53 Å². The molecule has 2 amide bonds. The Labute approximate surface area is 128 Å². The maximum atomic E-state index is 11.8. The van der Waals surface area contributed by atoms with Crippen LogP contribution >= 0.6 is 12.2 Å². The Bertz CT molecular complexity index is 615. The fraction of sp³-hybridized carbons (Fsp3) is 0.0667. The van der Waals surface area contributed by atoms with Crippen LogP contribution in [-0.4, -0.2) is 17.6 Å². The van der Waals surface area contributed by atoms with Crippen molar-refractivity contribution in [1.29, 1.82) is 0 Å². The quantitative estimate of drug-likeness (QED) is 0.742. The summed E-state index contributed by atoms with van der Waals surface area (Å²) < 4.78 is 5.33. The number of nitrogens with two attached hydrogens (primary N) is 1. The number of ether oxygens (including phenoxy) is 1. The van der Waals surface area contributed by atoms with E-state index in [-0.39, 0.29) is 12.6 Å². The minimum atomic E-state index is -0.307. The second-order valence-corrected chi connectivity index (χ2v) is 4.75. The first kappa shape index (κ1) is 14.8. The van der Waals surface area contributed by atoms with Gasteiger partial charge in [0.15, 0.2) is 0 Å². The minimum Gasteiger partial charge on any atom is -0.487 e. The molecule has 5 nitrogen and oxygen atoms in total. The lowest BCUT2D eigenvalue weighted by atomic mass is 10.3. The lowest BCUT2D eigenvalue weighted by molar-refractivity contribution is 0.262. The van der Waals surface area contributed by atoms with Crippen molar-refractivity contribution in [3.05, 3.63) is 54.6 Å². The first-order chi connectivity index (χ1) is 10.1. The average Bonchev–Trinajstić information content (AvgIpc) is 2.47. The van der Waals surface area contributed by atoms with Crippen molar-refractivity contribution in [2.24, 2.45) is 5.73 Å². The van der Waals surface area contributed by atoms with Crippen LogP contribution in [0.5, 0.6) is 5.75 Å². The molecule has 0 spiro atoms. The number of anilines is 2. The van der Waals surface area contributed by atoms with Crippen LogP contribution in [0.15, 0.2) is 54.6 Å². The molecule has 0 aromatic heterocycles. The Kier molecular flexibility index (Phi) is 5.11. The Morgan fingerprint density at radius 3 is 2.14 bits per heavy atom. The van der Waals surface area contributed by atoms with Gasteiger partial charge in [0.2, 0.25) is 0 Å². The highest BCUT2D eigenvalue weighted by atomic mass is 32.1. The molecule has 21 heavy (non-hydrogen) atoms. The van der Waals surface area contributed by atoms with Gasteiger partial charge in [0.25, 0.3) is 0 Å². The van der Waals surface area contributed by atoms with E-state index in [0.717, 1.165) is 5.69 Å². The summed E-state index contributed by atoms with van der Waals surface area (Å²) in [4.78, 5) is 12.1. The van der Waals surface area contributed by atoms with Gasteiger partial charge in [0.05, 0.1) is 0 Å². The maximum absolute atomic E-state index is 11.8. The zero-order chi connectivity index (χ0) is 15.1. The van der Waals surface area contributed by atoms with Crippen LogP contribution in [0.3, 0.4) is 0 Å². The summed E-state index contributed by atoms with van der Waals surface area (Å²) in [6.07, 6.45) is 0. The minimum absolute atomic E-state index is 0.191. The fourth-order valence-electron chi connectivity index (χ4n) is 1.60. The van der Waals surface area contributed by atoms with Gasteiger partial charge in [-0.05, 0) is 36.4 Å². The summed E-state index contributed by atoms with van der Waals surface area (Å²) in [5, 5.41) is 5.46. The van der Waals surface area contributed by atoms with Gasteiger partial charge in [-0.15, -0.1) is 0 Å². The second kappa shape index (κ2) is 7.25. The van der Waals surface area contributed by atoms with Gasteiger partial charge >= 0.3 is 6.03 Å². The van der Waals surface area contributed by atoms with Gasteiger partial charge in [-0.25, -0.2) is 4.79 Å². The van der Waals surface area contributed by atoms with Crippen LogP contribution in [0.4, 0.5) is 16.2 Å². The fourth-order valence-corrected chi connectivity index (χ4v) is 1.66. The molecule has 108 valence electrons. The molecule has 0 aliphatic carbocycles. The lowest BCUT2D eigenvalue weighted by Gasteiger charge is -2.09. The van der Waals surface area contributed by atoms with E-state index in [1.807, 2.05) is 30.3 Å². The molecule has 6 heteroatoms. The molecule has 2 aromatic carbocycles. The van der Waals surface area contributed by atoms with Gasteiger partial charge in [-0.3, -0.25) is 0 Å². The molecule has 0 fully saturated rings. The molecule has 0 aliphatic heterocycles. The van der Waals surface area contributed by atoms with E-state index < -0.39 is 0 Å². The van der Waals surface area contributed by atoms with Crippen molar-refractivity contribution in [2.75, 3.05) is 17.2 Å². The Morgan fingerprint density at radius 1 is 1.00 bits per heavy atom. The van der Waals surface area contributed by atoms with Crippen molar-refractivity contribution in [1.82, 2.24) is 0 Å². The number of hydrogen-bond acceptors (Lipinski definition) is 3. The third kappa shape index (κ3) is 5.12. The van der Waals surface area contributed by atoms with E-state index in [4.69, 9.17) is 22.7 Å². The zero-order valence-corrected chi connectivity index (χ0v) is 12.0. The number of hydrogen-bond donors (Lipinski definition) is 3. The first-order valence-electron chi connectivity index (χ1n) is 6.28. The molecule has 0 atom stereocenters. The van der Waals surface area contributed by atoms with Gasteiger partial charge < -0.3 is 21.1 Å². The number of amides is 2. The molecule has 0 radical (unpaired) electrons. The molecule has 4 N–H and O–H groups in total. The molecule has 0 unspecified atom stereocenters. The summed E-state index contributed by atoms with van der Waals surface area (Å²) >= 11 is 4.73. The highest BCUT2D eigenvalue weighted by Crippen LogP contribution is 2.16. The topological polar surface area (TPSA) is 76.4 Å². The van der Waals surface area contributed by atoms with E-state index >= 15 is 0 Å². The monoisotopic (exact) mass is 301 g/mol. The number of carbonyl (C=O) groups excluding carboxylic acids is 1. The number of carbonyl (C=O) groups is 1. The third-order valence-electron chi connectivity index (χ3n) is 2.52. The molecule has 2 aromatic rings. The Hall–Kier alpha value is -2.60. The Morgan fingerprint density at radius 2 is 1.57 bits per heavy atom. The third-order valence-corrected chi connectivity index (χ3v) is 2.64. The zero-order valence-electron chi connectivity index (χ0n) is 11.2. The van der Waals surface area contributed by atoms with Crippen LogP contribution in [0.25, 0.3) is 0 Å². The highest BCUT2D eigenvalue weighted by Gasteiger charge is 2.02. The van der Waals surface area contributed by atoms with E-state index in [0.29, 0.717) is 16.4 Å². The molecule has 0 saturated heterocycles. The van der Waals surface area contributed by atoms with E-state index in [1.54, 1.807) is 24.3 Å². The summed E-state index contributed by atoms with van der Waals surface area (Å²) in [7, 11) is 0. The largest absolute Gasteiger partial charge is 0.487 e. The second-order valence-electron chi connectivity index (χ2n) is 4.22. The van der Waals surface area contributed by atoms with Crippen molar-refractivity contribution in [3.8, 4) is 5.75 Å². The van der Waals surface area contributed by atoms with Gasteiger partial charge in [0.1, 0.15) is 17.3 Å². The molecule has 0 aliphatic rings. The van der Waals surface area contributed by atoms with Crippen LogP contribution in [0, 0.1) is 0 Å². The number of para-hydroxylation sites is 1. The van der Waals surface area contributed by atoms with Crippen LogP contribution in [0.2, 0.25) is 0 Å². The van der Waals surface area contributed by atoms with Gasteiger partial charge in [-0.1, -0.05) is 30.4 Å². The predicted molar refractivity (Wildman–Crippen MR) is 87.8 cm³/mol. The van der Waals surface area contributed by atoms with E-state index in [1.165, 1.54) is 0 Å². The maximum Gasteiger partial charge on any atom is 0.323 e. The number of nitrogens with one attached hydrogen (secondary N) is 2. The highest BCUT2D eigenvalue weighted by molar-refractivity contribution is 7.80. The summed E-state index contributed by atoms with van der Waals surface area (Å²) in [6, 6.07) is 15.8. The normalized spacial score (nSPS) is 9.71.